The Morgan fingerprint density at radius 1 is 0.789 bits per heavy atom. The number of nitrogens with zero attached hydrogens (tertiary/aromatic N) is 2. The second-order valence-electron chi connectivity index (χ2n) is 7.44. The first kappa shape index (κ1) is 13.9. The van der Waals surface area contributed by atoms with Crippen LogP contribution in [-0.4, -0.2) is 47.6 Å². The third-order valence-corrected chi connectivity index (χ3v) is 5.83. The molecule has 2 heteroatoms. The zero-order valence-electron chi connectivity index (χ0n) is 13.0. The van der Waals surface area contributed by atoms with Crippen molar-refractivity contribution in [1.82, 2.24) is 9.80 Å². The lowest BCUT2D eigenvalue weighted by atomic mass is 9.87. The highest BCUT2D eigenvalue weighted by Gasteiger charge is 2.39. The Labute approximate surface area is 119 Å². The molecule has 2 nitrogen and oxygen atoms in total. The van der Waals surface area contributed by atoms with Gasteiger partial charge in [-0.25, -0.2) is 0 Å². The molecule has 0 spiro atoms. The van der Waals surface area contributed by atoms with E-state index in [0.717, 1.165) is 24.0 Å². The van der Waals surface area contributed by atoms with E-state index < -0.39 is 0 Å². The van der Waals surface area contributed by atoms with Gasteiger partial charge in [0, 0.05) is 31.2 Å². The summed E-state index contributed by atoms with van der Waals surface area (Å²) < 4.78 is 0. The van der Waals surface area contributed by atoms with Crippen LogP contribution < -0.4 is 0 Å². The molecule has 2 heterocycles. The summed E-state index contributed by atoms with van der Waals surface area (Å²) in [6, 6.07) is 2.60. The molecule has 2 unspecified atom stereocenters. The third-order valence-electron chi connectivity index (χ3n) is 5.83. The smallest absolute Gasteiger partial charge is 0.0249 e. The van der Waals surface area contributed by atoms with Gasteiger partial charge in [-0.3, -0.25) is 9.80 Å². The van der Waals surface area contributed by atoms with Crippen LogP contribution in [0.1, 0.15) is 65.2 Å². The van der Waals surface area contributed by atoms with Crippen LogP contribution in [0.15, 0.2) is 0 Å². The van der Waals surface area contributed by atoms with Crippen molar-refractivity contribution in [2.45, 2.75) is 83.3 Å². The van der Waals surface area contributed by atoms with Gasteiger partial charge in [0.15, 0.2) is 0 Å². The van der Waals surface area contributed by atoms with Crippen LogP contribution in [0.2, 0.25) is 0 Å². The number of rotatable bonds is 2. The maximum absolute atomic E-state index is 2.94. The number of fused-ring (bicyclic) bond motifs is 1. The van der Waals surface area contributed by atoms with E-state index in [2.05, 4.69) is 23.6 Å². The Kier molecular flexibility index (Phi) is 4.48. The Morgan fingerprint density at radius 2 is 1.47 bits per heavy atom. The number of piperidine rings is 1. The van der Waals surface area contributed by atoms with Crippen LogP contribution in [0.3, 0.4) is 0 Å². The third kappa shape index (κ3) is 3.00. The van der Waals surface area contributed by atoms with Crippen LogP contribution in [0, 0.1) is 5.92 Å². The van der Waals surface area contributed by atoms with Crippen molar-refractivity contribution in [3.8, 4) is 0 Å². The lowest BCUT2D eigenvalue weighted by Crippen LogP contribution is -2.63. The zero-order chi connectivity index (χ0) is 13.2. The fourth-order valence-corrected chi connectivity index (χ4v) is 4.66. The lowest BCUT2D eigenvalue weighted by molar-refractivity contribution is -0.0373. The van der Waals surface area contributed by atoms with Crippen molar-refractivity contribution < 1.29 is 0 Å². The van der Waals surface area contributed by atoms with Crippen LogP contribution >= 0.6 is 0 Å². The summed E-state index contributed by atoms with van der Waals surface area (Å²) in [6.45, 7) is 8.95. The molecule has 2 atom stereocenters. The molecule has 0 aromatic carbocycles. The van der Waals surface area contributed by atoms with E-state index >= 15 is 0 Å². The fraction of sp³-hybridized carbons (Fsp3) is 1.00. The summed E-state index contributed by atoms with van der Waals surface area (Å²) in [7, 11) is 0. The van der Waals surface area contributed by atoms with Crippen molar-refractivity contribution in [2.24, 2.45) is 5.92 Å². The minimum absolute atomic E-state index is 0.810. The Balaban J connectivity index is 1.71. The van der Waals surface area contributed by atoms with Crippen molar-refractivity contribution in [2.75, 3.05) is 19.6 Å². The predicted molar refractivity (Wildman–Crippen MR) is 81.4 cm³/mol. The lowest BCUT2D eigenvalue weighted by Gasteiger charge is -2.53. The molecule has 1 saturated carbocycles. The number of hydrogen-bond acceptors (Lipinski definition) is 2. The highest BCUT2D eigenvalue weighted by Crippen LogP contribution is 2.32. The molecule has 0 N–H and O–H groups in total. The van der Waals surface area contributed by atoms with Crippen molar-refractivity contribution in [3.05, 3.63) is 0 Å². The van der Waals surface area contributed by atoms with Crippen molar-refractivity contribution >= 4 is 0 Å². The van der Waals surface area contributed by atoms with Gasteiger partial charge in [-0.05, 0) is 38.1 Å². The van der Waals surface area contributed by atoms with Crippen LogP contribution in [0.25, 0.3) is 0 Å². The van der Waals surface area contributed by atoms with Gasteiger partial charge in [0.25, 0.3) is 0 Å². The topological polar surface area (TPSA) is 6.48 Å². The number of hydrogen-bond donors (Lipinski definition) is 0. The van der Waals surface area contributed by atoms with E-state index in [0.29, 0.717) is 0 Å². The minimum Gasteiger partial charge on any atom is -0.298 e. The van der Waals surface area contributed by atoms with Gasteiger partial charge in [0.05, 0.1) is 0 Å². The second-order valence-corrected chi connectivity index (χ2v) is 7.44. The molecular weight excluding hydrogens is 232 g/mol. The largest absolute Gasteiger partial charge is 0.298 e. The predicted octanol–water partition coefficient (Wildman–Crippen LogP) is 3.51. The highest BCUT2D eigenvalue weighted by molar-refractivity contribution is 4.95. The molecular formula is C17H32N2. The molecule has 0 radical (unpaired) electrons. The normalized spacial score (nSPS) is 35.5. The summed E-state index contributed by atoms with van der Waals surface area (Å²) in [5.41, 5.74) is 0. The summed E-state index contributed by atoms with van der Waals surface area (Å²) >= 11 is 0. The Bertz CT molecular complexity index is 283. The molecule has 110 valence electrons. The first-order valence-corrected chi connectivity index (χ1v) is 8.75. The molecule has 3 fully saturated rings. The first-order chi connectivity index (χ1) is 9.25. The summed E-state index contributed by atoms with van der Waals surface area (Å²) in [5, 5.41) is 0. The molecule has 1 aliphatic carbocycles. The molecule has 0 aromatic rings. The monoisotopic (exact) mass is 264 g/mol. The van der Waals surface area contributed by atoms with Gasteiger partial charge in [-0.2, -0.15) is 0 Å². The van der Waals surface area contributed by atoms with Gasteiger partial charge in [0.2, 0.25) is 0 Å². The van der Waals surface area contributed by atoms with E-state index in [4.69, 9.17) is 0 Å². The van der Waals surface area contributed by atoms with Crippen LogP contribution in [-0.2, 0) is 0 Å². The van der Waals surface area contributed by atoms with Crippen LogP contribution in [0.5, 0.6) is 0 Å². The molecule has 0 bridgehead atoms. The summed E-state index contributed by atoms with van der Waals surface area (Å²) in [6.07, 6.45) is 11.7. The fourth-order valence-electron chi connectivity index (χ4n) is 4.66. The standard InChI is InChI=1S/C17H32N2/c1-14(2)17-13-18-11-7-6-10-16(18)12-19(17)15-8-4-3-5-9-15/h14-17H,3-13H2,1-2H3. The van der Waals surface area contributed by atoms with E-state index in [1.165, 1.54) is 71.0 Å². The van der Waals surface area contributed by atoms with Gasteiger partial charge in [-0.15, -0.1) is 0 Å². The number of piperazine rings is 1. The molecule has 2 saturated heterocycles. The molecule has 2 aliphatic heterocycles. The van der Waals surface area contributed by atoms with Crippen LogP contribution in [0.4, 0.5) is 0 Å². The maximum Gasteiger partial charge on any atom is 0.0249 e. The summed E-state index contributed by atoms with van der Waals surface area (Å²) in [4.78, 5) is 5.75. The van der Waals surface area contributed by atoms with E-state index in [1.807, 2.05) is 0 Å². The van der Waals surface area contributed by atoms with Gasteiger partial charge < -0.3 is 0 Å². The average Bonchev–Trinajstić information content (AvgIpc) is 2.46. The zero-order valence-corrected chi connectivity index (χ0v) is 13.0. The van der Waals surface area contributed by atoms with E-state index in [1.54, 1.807) is 0 Å². The second kappa shape index (κ2) is 6.13. The summed E-state index contributed by atoms with van der Waals surface area (Å²) in [5.74, 6) is 0.810. The molecule has 0 amide bonds. The molecule has 19 heavy (non-hydrogen) atoms. The molecule has 0 aromatic heterocycles. The maximum atomic E-state index is 2.94. The molecule has 3 aliphatic rings. The van der Waals surface area contributed by atoms with Crippen molar-refractivity contribution in [1.29, 1.82) is 0 Å². The first-order valence-electron chi connectivity index (χ1n) is 8.75. The Morgan fingerprint density at radius 3 is 2.21 bits per heavy atom. The Hall–Kier alpha value is -0.0800. The highest BCUT2D eigenvalue weighted by atomic mass is 15.3. The van der Waals surface area contributed by atoms with Gasteiger partial charge in [0.1, 0.15) is 0 Å². The van der Waals surface area contributed by atoms with E-state index in [9.17, 15) is 0 Å². The minimum atomic E-state index is 0.810. The van der Waals surface area contributed by atoms with Crippen molar-refractivity contribution in [3.63, 3.8) is 0 Å². The quantitative estimate of drug-likeness (QED) is 0.753. The SMILES string of the molecule is CC(C)C1CN2CCCCC2CN1C1CCCCC1. The average molecular weight is 264 g/mol. The van der Waals surface area contributed by atoms with Gasteiger partial charge >= 0.3 is 0 Å². The molecule has 3 rings (SSSR count). The van der Waals surface area contributed by atoms with Gasteiger partial charge in [-0.1, -0.05) is 39.5 Å². The van der Waals surface area contributed by atoms with E-state index in [-0.39, 0.29) is 0 Å².